The summed E-state index contributed by atoms with van der Waals surface area (Å²) >= 11 is 0. The van der Waals surface area contributed by atoms with Crippen molar-refractivity contribution in [3.05, 3.63) is 35.4 Å². The van der Waals surface area contributed by atoms with Crippen molar-refractivity contribution in [2.24, 2.45) is 5.73 Å². The topological polar surface area (TPSA) is 49.6 Å². The van der Waals surface area contributed by atoms with Crippen molar-refractivity contribution < 1.29 is 4.79 Å². The fourth-order valence-corrected chi connectivity index (χ4v) is 2.68. The first-order valence-electron chi connectivity index (χ1n) is 6.85. The molecule has 0 radical (unpaired) electrons. The van der Waals surface area contributed by atoms with Gasteiger partial charge in [0.15, 0.2) is 0 Å². The molecule has 1 aliphatic heterocycles. The van der Waals surface area contributed by atoms with Gasteiger partial charge >= 0.3 is 0 Å². The molecule has 1 unspecified atom stereocenters. The lowest BCUT2D eigenvalue weighted by Gasteiger charge is -2.26. The van der Waals surface area contributed by atoms with Crippen molar-refractivity contribution in [3.8, 4) is 0 Å². The van der Waals surface area contributed by atoms with E-state index in [9.17, 15) is 4.79 Å². The van der Waals surface area contributed by atoms with E-state index >= 15 is 0 Å². The Morgan fingerprint density at radius 2 is 2.16 bits per heavy atom. The van der Waals surface area contributed by atoms with Gasteiger partial charge in [-0.05, 0) is 30.5 Å². The van der Waals surface area contributed by atoms with E-state index in [2.05, 4.69) is 17.0 Å². The molecule has 0 aliphatic carbocycles. The number of nitrogens with two attached hydrogens (primary N) is 1. The lowest BCUT2D eigenvalue weighted by molar-refractivity contribution is -0.133. The Kier molecular flexibility index (Phi) is 4.56. The van der Waals surface area contributed by atoms with Crippen LogP contribution in [0.4, 0.5) is 0 Å². The summed E-state index contributed by atoms with van der Waals surface area (Å²) in [5.74, 6) is 0.215. The zero-order valence-electron chi connectivity index (χ0n) is 11.8. The van der Waals surface area contributed by atoms with Gasteiger partial charge in [0.1, 0.15) is 0 Å². The third kappa shape index (κ3) is 3.33. The van der Waals surface area contributed by atoms with Gasteiger partial charge in [-0.25, -0.2) is 0 Å². The van der Waals surface area contributed by atoms with Crippen LogP contribution >= 0.6 is 0 Å². The Labute approximate surface area is 115 Å². The van der Waals surface area contributed by atoms with Crippen LogP contribution in [0.15, 0.2) is 24.3 Å². The van der Waals surface area contributed by atoms with Crippen molar-refractivity contribution in [2.75, 3.05) is 20.6 Å². The lowest BCUT2D eigenvalue weighted by Crippen LogP contribution is -2.42. The van der Waals surface area contributed by atoms with E-state index in [4.69, 9.17) is 5.73 Å². The van der Waals surface area contributed by atoms with Gasteiger partial charge in [-0.3, -0.25) is 9.69 Å². The van der Waals surface area contributed by atoms with Crippen molar-refractivity contribution in [3.63, 3.8) is 0 Å². The number of likely N-dealkylation sites (N-methyl/N-ethyl adjacent to an activating group) is 1. The van der Waals surface area contributed by atoms with Crippen LogP contribution < -0.4 is 5.73 Å². The van der Waals surface area contributed by atoms with Gasteiger partial charge in [-0.2, -0.15) is 0 Å². The number of hydrogen-bond donors (Lipinski definition) is 1. The molecule has 19 heavy (non-hydrogen) atoms. The molecule has 0 bridgehead atoms. The summed E-state index contributed by atoms with van der Waals surface area (Å²) < 4.78 is 0. The molecule has 1 aromatic rings. The van der Waals surface area contributed by atoms with Gasteiger partial charge < -0.3 is 10.6 Å². The molecule has 1 aromatic carbocycles. The Balaban J connectivity index is 2.06. The van der Waals surface area contributed by atoms with Crippen LogP contribution in [0.25, 0.3) is 0 Å². The number of carbonyl (C=O) groups is 1. The van der Waals surface area contributed by atoms with Crippen molar-refractivity contribution in [1.29, 1.82) is 0 Å². The second kappa shape index (κ2) is 6.17. The van der Waals surface area contributed by atoms with E-state index in [-0.39, 0.29) is 11.9 Å². The molecule has 1 aliphatic rings. The third-order valence-corrected chi connectivity index (χ3v) is 3.70. The molecule has 1 saturated heterocycles. The predicted molar refractivity (Wildman–Crippen MR) is 76.5 cm³/mol. The average molecular weight is 261 g/mol. The van der Waals surface area contributed by atoms with E-state index in [1.54, 1.807) is 4.90 Å². The van der Waals surface area contributed by atoms with Gasteiger partial charge in [0.25, 0.3) is 0 Å². The van der Waals surface area contributed by atoms with E-state index in [0.717, 1.165) is 31.5 Å². The van der Waals surface area contributed by atoms with Gasteiger partial charge in [0, 0.05) is 27.2 Å². The van der Waals surface area contributed by atoms with E-state index in [1.807, 2.05) is 26.2 Å². The fourth-order valence-electron chi connectivity index (χ4n) is 2.68. The maximum Gasteiger partial charge on any atom is 0.239 e. The molecule has 1 atom stereocenters. The molecule has 1 amide bonds. The maximum absolute atomic E-state index is 12.1. The largest absolute Gasteiger partial charge is 0.347 e. The first kappa shape index (κ1) is 14.0. The highest BCUT2D eigenvalue weighted by atomic mass is 16.2. The number of nitrogens with zero attached hydrogens (tertiary/aromatic N) is 2. The number of likely N-dealkylation sites (tertiary alicyclic amines) is 1. The highest BCUT2D eigenvalue weighted by Crippen LogP contribution is 2.21. The van der Waals surface area contributed by atoms with Crippen LogP contribution in [-0.2, 0) is 17.9 Å². The molecule has 4 heteroatoms. The molecule has 0 aromatic heterocycles. The summed E-state index contributed by atoms with van der Waals surface area (Å²) in [7, 11) is 3.65. The highest BCUT2D eigenvalue weighted by molar-refractivity contribution is 5.81. The standard InChI is InChI=1S/C15H23N3O/c1-17(2)15(19)14-7-4-8-18(14)11-13-6-3-5-12(9-13)10-16/h3,5-6,9,14H,4,7-8,10-11,16H2,1-2H3. The van der Waals surface area contributed by atoms with Crippen LogP contribution in [0.3, 0.4) is 0 Å². The number of rotatable bonds is 4. The Morgan fingerprint density at radius 1 is 1.42 bits per heavy atom. The molecule has 0 spiro atoms. The number of amides is 1. The van der Waals surface area contributed by atoms with Crippen LogP contribution in [0.2, 0.25) is 0 Å². The summed E-state index contributed by atoms with van der Waals surface area (Å²) in [6.07, 6.45) is 2.06. The van der Waals surface area contributed by atoms with Crippen molar-refractivity contribution >= 4 is 5.91 Å². The Hall–Kier alpha value is -1.39. The van der Waals surface area contributed by atoms with E-state index in [1.165, 1.54) is 5.56 Å². The van der Waals surface area contributed by atoms with E-state index < -0.39 is 0 Å². The fraction of sp³-hybridized carbons (Fsp3) is 0.533. The first-order chi connectivity index (χ1) is 9.11. The quantitative estimate of drug-likeness (QED) is 0.886. The van der Waals surface area contributed by atoms with Gasteiger partial charge in [0.2, 0.25) is 5.91 Å². The molecule has 2 rings (SSSR count). The SMILES string of the molecule is CN(C)C(=O)C1CCCN1Cc1cccc(CN)c1. The zero-order chi connectivity index (χ0) is 13.8. The van der Waals surface area contributed by atoms with E-state index in [0.29, 0.717) is 6.54 Å². The highest BCUT2D eigenvalue weighted by Gasteiger charge is 2.31. The number of benzene rings is 1. The second-order valence-electron chi connectivity index (χ2n) is 5.39. The van der Waals surface area contributed by atoms with Gasteiger partial charge in [0.05, 0.1) is 6.04 Å². The monoisotopic (exact) mass is 261 g/mol. The van der Waals surface area contributed by atoms with Gasteiger partial charge in [-0.15, -0.1) is 0 Å². The minimum atomic E-state index is 0.0385. The average Bonchev–Trinajstić information content (AvgIpc) is 2.86. The predicted octanol–water partition coefficient (Wildman–Crippen LogP) is 1.20. The van der Waals surface area contributed by atoms with Crippen LogP contribution in [0.5, 0.6) is 0 Å². The van der Waals surface area contributed by atoms with Crippen LogP contribution in [-0.4, -0.2) is 42.4 Å². The molecule has 1 heterocycles. The van der Waals surface area contributed by atoms with Gasteiger partial charge in [-0.1, -0.05) is 24.3 Å². The van der Waals surface area contributed by atoms with Crippen LogP contribution in [0.1, 0.15) is 24.0 Å². The normalized spacial score (nSPS) is 19.6. The smallest absolute Gasteiger partial charge is 0.239 e. The summed E-state index contributed by atoms with van der Waals surface area (Å²) in [6, 6.07) is 8.35. The van der Waals surface area contributed by atoms with Crippen molar-refractivity contribution in [1.82, 2.24) is 9.80 Å². The minimum Gasteiger partial charge on any atom is -0.347 e. The minimum absolute atomic E-state index is 0.0385. The third-order valence-electron chi connectivity index (χ3n) is 3.70. The summed E-state index contributed by atoms with van der Waals surface area (Å²) in [5.41, 5.74) is 8.05. The molecular formula is C15H23N3O. The lowest BCUT2D eigenvalue weighted by atomic mass is 10.1. The molecule has 2 N–H and O–H groups in total. The molecule has 104 valence electrons. The van der Waals surface area contributed by atoms with Crippen LogP contribution in [0, 0.1) is 0 Å². The molecule has 4 nitrogen and oxygen atoms in total. The summed E-state index contributed by atoms with van der Waals surface area (Å²) in [6.45, 7) is 2.39. The molecular weight excluding hydrogens is 238 g/mol. The van der Waals surface area contributed by atoms with Crippen molar-refractivity contribution in [2.45, 2.75) is 32.0 Å². The zero-order valence-corrected chi connectivity index (χ0v) is 11.8. The second-order valence-corrected chi connectivity index (χ2v) is 5.39. The Morgan fingerprint density at radius 3 is 2.84 bits per heavy atom. The summed E-state index contributed by atoms with van der Waals surface area (Å²) in [5, 5.41) is 0. The molecule has 1 fully saturated rings. The first-order valence-corrected chi connectivity index (χ1v) is 6.85. The summed E-state index contributed by atoms with van der Waals surface area (Å²) in [4.78, 5) is 16.1. The number of carbonyl (C=O) groups excluding carboxylic acids is 1. The number of hydrogen-bond acceptors (Lipinski definition) is 3. The Bertz CT molecular complexity index is 445. The molecule has 0 saturated carbocycles. The maximum atomic E-state index is 12.1.